The van der Waals surface area contributed by atoms with E-state index in [-0.39, 0.29) is 22.7 Å². The normalized spacial score (nSPS) is 19.2. The molecule has 0 spiro atoms. The Bertz CT molecular complexity index is 1680. The number of carbonyl (C=O) groups is 1. The Morgan fingerprint density at radius 1 is 0.633 bits per heavy atom. The van der Waals surface area contributed by atoms with Crippen LogP contribution in [0.5, 0.6) is 0 Å². The van der Waals surface area contributed by atoms with Gasteiger partial charge in [0, 0.05) is 0 Å². The van der Waals surface area contributed by atoms with Crippen LogP contribution in [0.4, 0.5) is 0 Å². The standard InChI is InChI=1S/C58H88O2/c1-12-13-14-15-16-17-18-19-20-21-22-23-24-25-36-53(40-37-47(2)30-26-31-48(3)38-41-54-51(6)34-28-44-57(54,8)9)56(59)60-46-43-50(5)33-27-32-49(4)39-42-55-52(7)35-29-45-58(55,10)11/h16-17,19-20,26-27,30-33,37-39,41-43,53H,12-15,18,21-25,28-29,34-36,40,44-46H2,1-11H3. The molecule has 0 fully saturated rings. The monoisotopic (exact) mass is 817 g/mol. The van der Waals surface area contributed by atoms with Crippen LogP contribution in [0.25, 0.3) is 0 Å². The number of hydrogen-bond acceptors (Lipinski definition) is 2. The van der Waals surface area contributed by atoms with Gasteiger partial charge >= 0.3 is 5.97 Å². The fraction of sp³-hybridized carbons (Fsp3) is 0.569. The zero-order valence-corrected chi connectivity index (χ0v) is 40.6. The SMILES string of the molecule is CCCCCC=CCC=CCCCCCCC(CC=C(C)C=CC=C(C)C=CC1=C(C)CCCC1(C)C)C(=O)OCC=C(C)C=CC=C(C)C=CC1=C(C)CCCC1(C)C. The van der Waals surface area contributed by atoms with Crippen LogP contribution in [-0.2, 0) is 9.53 Å². The lowest BCUT2D eigenvalue weighted by Crippen LogP contribution is -2.19. The van der Waals surface area contributed by atoms with E-state index < -0.39 is 0 Å². The minimum absolute atomic E-state index is 0.0889. The third-order valence-electron chi connectivity index (χ3n) is 12.5. The van der Waals surface area contributed by atoms with E-state index in [0.29, 0.717) is 13.0 Å². The molecule has 332 valence electrons. The van der Waals surface area contributed by atoms with E-state index >= 15 is 0 Å². The highest BCUT2D eigenvalue weighted by Crippen LogP contribution is 2.42. The van der Waals surface area contributed by atoms with Crippen molar-refractivity contribution < 1.29 is 9.53 Å². The third kappa shape index (κ3) is 22.3. The van der Waals surface area contributed by atoms with E-state index in [4.69, 9.17) is 4.74 Å². The Kier molecular flexibility index (Phi) is 25.9. The van der Waals surface area contributed by atoms with Gasteiger partial charge in [-0.2, -0.15) is 0 Å². The molecular weight excluding hydrogens is 729 g/mol. The van der Waals surface area contributed by atoms with Gasteiger partial charge in [0.1, 0.15) is 6.61 Å². The summed E-state index contributed by atoms with van der Waals surface area (Å²) in [5.41, 5.74) is 11.2. The minimum Gasteiger partial charge on any atom is -0.461 e. The Balaban J connectivity index is 1.97. The minimum atomic E-state index is -0.137. The second-order valence-corrected chi connectivity index (χ2v) is 19.2. The first kappa shape index (κ1) is 52.5. The van der Waals surface area contributed by atoms with Crippen LogP contribution >= 0.6 is 0 Å². The third-order valence-corrected chi connectivity index (χ3v) is 12.5. The summed E-state index contributed by atoms with van der Waals surface area (Å²) in [6.07, 6.45) is 56.3. The molecule has 0 saturated heterocycles. The van der Waals surface area contributed by atoms with Gasteiger partial charge in [-0.15, -0.1) is 0 Å². The van der Waals surface area contributed by atoms with Gasteiger partial charge < -0.3 is 4.74 Å². The Morgan fingerprint density at radius 3 is 1.65 bits per heavy atom. The van der Waals surface area contributed by atoms with E-state index in [1.807, 2.05) is 6.08 Å². The van der Waals surface area contributed by atoms with Crippen molar-refractivity contribution in [3.8, 4) is 0 Å². The zero-order valence-electron chi connectivity index (χ0n) is 40.6. The molecule has 2 aliphatic carbocycles. The first-order valence-corrected chi connectivity index (χ1v) is 23.9. The van der Waals surface area contributed by atoms with Gasteiger partial charge in [0.05, 0.1) is 5.92 Å². The second kappa shape index (κ2) is 29.6. The molecule has 60 heavy (non-hydrogen) atoms. The maximum absolute atomic E-state index is 13.5. The number of allylic oxidation sites excluding steroid dienone is 23. The maximum Gasteiger partial charge on any atom is 0.309 e. The summed E-state index contributed by atoms with van der Waals surface area (Å²) in [7, 11) is 0. The summed E-state index contributed by atoms with van der Waals surface area (Å²) < 4.78 is 5.89. The van der Waals surface area contributed by atoms with Gasteiger partial charge in [0.25, 0.3) is 0 Å². The summed E-state index contributed by atoms with van der Waals surface area (Å²) >= 11 is 0. The number of carbonyl (C=O) groups excluding carboxylic acids is 1. The van der Waals surface area contributed by atoms with E-state index in [0.717, 1.165) is 37.7 Å². The van der Waals surface area contributed by atoms with Crippen molar-refractivity contribution >= 4 is 5.97 Å². The lowest BCUT2D eigenvalue weighted by atomic mass is 9.72. The smallest absolute Gasteiger partial charge is 0.309 e. The van der Waals surface area contributed by atoms with E-state index in [2.05, 4.69) is 167 Å². The van der Waals surface area contributed by atoms with Crippen LogP contribution in [0.1, 0.15) is 192 Å². The average Bonchev–Trinajstić information content (AvgIpc) is 3.18. The lowest BCUT2D eigenvalue weighted by Gasteiger charge is -2.33. The molecule has 1 atom stereocenters. The van der Waals surface area contributed by atoms with Crippen molar-refractivity contribution in [1.29, 1.82) is 0 Å². The molecular formula is C58H88O2. The predicted octanol–water partition coefficient (Wildman–Crippen LogP) is 18.0. The molecule has 0 bridgehead atoms. The molecule has 2 rings (SSSR count). The van der Waals surface area contributed by atoms with Crippen molar-refractivity contribution in [1.82, 2.24) is 0 Å². The quantitative estimate of drug-likeness (QED) is 0.0376. The van der Waals surface area contributed by atoms with Gasteiger partial charge in [0.2, 0.25) is 0 Å². The molecule has 0 amide bonds. The molecule has 2 aliphatic rings. The molecule has 1 unspecified atom stereocenters. The first-order chi connectivity index (χ1) is 28.7. The van der Waals surface area contributed by atoms with Crippen LogP contribution in [0.2, 0.25) is 0 Å². The Labute approximate surface area is 371 Å². The molecule has 0 aromatic rings. The van der Waals surface area contributed by atoms with Crippen molar-refractivity contribution in [3.63, 3.8) is 0 Å². The second-order valence-electron chi connectivity index (χ2n) is 19.2. The lowest BCUT2D eigenvalue weighted by molar-refractivity contribution is -0.147. The van der Waals surface area contributed by atoms with E-state index in [1.54, 1.807) is 0 Å². The van der Waals surface area contributed by atoms with Crippen molar-refractivity contribution in [2.45, 2.75) is 192 Å². The molecule has 2 nitrogen and oxygen atoms in total. The largest absolute Gasteiger partial charge is 0.461 e. The first-order valence-electron chi connectivity index (χ1n) is 23.9. The molecule has 0 heterocycles. The molecule has 0 aliphatic heterocycles. The zero-order chi connectivity index (χ0) is 44.2. The Hall–Kier alpha value is -3.65. The van der Waals surface area contributed by atoms with Crippen LogP contribution < -0.4 is 0 Å². The number of hydrogen-bond donors (Lipinski definition) is 0. The van der Waals surface area contributed by atoms with E-state index in [1.165, 1.54) is 116 Å². The average molecular weight is 817 g/mol. The van der Waals surface area contributed by atoms with Gasteiger partial charge in [-0.1, -0.05) is 191 Å². The van der Waals surface area contributed by atoms with Gasteiger partial charge in [-0.25, -0.2) is 0 Å². The summed E-state index contributed by atoms with van der Waals surface area (Å²) in [6.45, 7) is 25.1. The van der Waals surface area contributed by atoms with Crippen molar-refractivity contribution in [2.75, 3.05) is 6.61 Å². The van der Waals surface area contributed by atoms with Crippen LogP contribution in [-0.4, -0.2) is 12.6 Å². The molecule has 0 radical (unpaired) electrons. The van der Waals surface area contributed by atoms with Crippen molar-refractivity contribution in [3.05, 3.63) is 142 Å². The van der Waals surface area contributed by atoms with Gasteiger partial charge in [-0.05, 0) is 153 Å². The number of unbranched alkanes of at least 4 members (excludes halogenated alkanes) is 7. The number of esters is 1. The topological polar surface area (TPSA) is 26.3 Å². The van der Waals surface area contributed by atoms with E-state index in [9.17, 15) is 4.79 Å². The molecule has 0 N–H and O–H groups in total. The number of ether oxygens (including phenoxy) is 1. The number of rotatable bonds is 26. The molecule has 0 aromatic carbocycles. The highest BCUT2D eigenvalue weighted by molar-refractivity contribution is 5.72. The van der Waals surface area contributed by atoms with Crippen LogP contribution in [0, 0.1) is 16.7 Å². The van der Waals surface area contributed by atoms with Gasteiger partial charge in [0.15, 0.2) is 0 Å². The van der Waals surface area contributed by atoms with Gasteiger partial charge in [-0.3, -0.25) is 4.79 Å². The Morgan fingerprint density at radius 2 is 1.13 bits per heavy atom. The van der Waals surface area contributed by atoms with Crippen molar-refractivity contribution in [2.24, 2.45) is 16.7 Å². The molecule has 0 aromatic heterocycles. The molecule has 0 saturated carbocycles. The highest BCUT2D eigenvalue weighted by atomic mass is 16.5. The van der Waals surface area contributed by atoms with Crippen LogP contribution in [0.15, 0.2) is 142 Å². The summed E-state index contributed by atoms with van der Waals surface area (Å²) in [5.74, 6) is -0.226. The predicted molar refractivity (Wildman–Crippen MR) is 266 cm³/mol. The van der Waals surface area contributed by atoms with Crippen LogP contribution in [0.3, 0.4) is 0 Å². The fourth-order valence-corrected chi connectivity index (χ4v) is 8.46. The fourth-order valence-electron chi connectivity index (χ4n) is 8.46. The summed E-state index contributed by atoms with van der Waals surface area (Å²) in [6, 6.07) is 0. The summed E-state index contributed by atoms with van der Waals surface area (Å²) in [4.78, 5) is 13.5. The molecule has 2 heteroatoms. The maximum atomic E-state index is 13.5. The summed E-state index contributed by atoms with van der Waals surface area (Å²) in [5, 5.41) is 0. The highest BCUT2D eigenvalue weighted by Gasteiger charge is 2.27.